The minimum Gasteiger partial charge on any atom is -0.375 e. The molecule has 5 nitrogen and oxygen atoms in total. The fourth-order valence-electron chi connectivity index (χ4n) is 3.49. The fraction of sp³-hybridized carbons (Fsp3) is 0.833. The zero-order valence-corrected chi connectivity index (χ0v) is 14.9. The van der Waals surface area contributed by atoms with Crippen molar-refractivity contribution in [3.05, 3.63) is 11.6 Å². The summed E-state index contributed by atoms with van der Waals surface area (Å²) >= 11 is 0. The third-order valence-corrected chi connectivity index (χ3v) is 4.90. The van der Waals surface area contributed by atoms with Gasteiger partial charge in [-0.1, -0.05) is 18.9 Å². The van der Waals surface area contributed by atoms with Gasteiger partial charge in [0.05, 0.1) is 0 Å². The number of nitrogens with one attached hydrogen (secondary N) is 1. The SMILES string of the molecule is COCC(=O)NC(C)C1=CCCN(CCN2CCCCCC2)C1. The van der Waals surface area contributed by atoms with Gasteiger partial charge in [-0.25, -0.2) is 0 Å². The Labute approximate surface area is 141 Å². The van der Waals surface area contributed by atoms with Crippen molar-refractivity contribution < 1.29 is 9.53 Å². The number of nitrogens with zero attached hydrogens (tertiary/aromatic N) is 2. The predicted octanol–water partition coefficient (Wildman–Crippen LogP) is 1.65. The predicted molar refractivity (Wildman–Crippen MR) is 93.5 cm³/mol. The molecule has 1 N–H and O–H groups in total. The van der Waals surface area contributed by atoms with Crippen molar-refractivity contribution in [3.63, 3.8) is 0 Å². The molecule has 1 unspecified atom stereocenters. The van der Waals surface area contributed by atoms with Crippen LogP contribution in [0.25, 0.3) is 0 Å². The smallest absolute Gasteiger partial charge is 0.246 e. The Morgan fingerprint density at radius 1 is 1.17 bits per heavy atom. The Morgan fingerprint density at radius 2 is 1.87 bits per heavy atom. The van der Waals surface area contributed by atoms with Crippen LogP contribution in [0.5, 0.6) is 0 Å². The van der Waals surface area contributed by atoms with Crippen LogP contribution in [0.4, 0.5) is 0 Å². The number of methoxy groups -OCH3 is 1. The van der Waals surface area contributed by atoms with Gasteiger partial charge in [0.25, 0.3) is 0 Å². The van der Waals surface area contributed by atoms with Crippen molar-refractivity contribution in [1.29, 1.82) is 0 Å². The lowest BCUT2D eigenvalue weighted by Crippen LogP contribution is -2.43. The monoisotopic (exact) mass is 323 g/mol. The number of rotatable bonds is 7. The highest BCUT2D eigenvalue weighted by Gasteiger charge is 2.19. The van der Waals surface area contributed by atoms with Gasteiger partial charge in [-0.05, 0) is 44.8 Å². The molecule has 132 valence electrons. The summed E-state index contributed by atoms with van der Waals surface area (Å²) in [6, 6.07) is 0.0960. The van der Waals surface area contributed by atoms with Gasteiger partial charge in [-0.15, -0.1) is 0 Å². The minimum atomic E-state index is -0.0393. The Hall–Kier alpha value is -0.910. The maximum Gasteiger partial charge on any atom is 0.246 e. The van der Waals surface area contributed by atoms with Crippen LogP contribution < -0.4 is 5.32 Å². The van der Waals surface area contributed by atoms with Crippen molar-refractivity contribution >= 4 is 5.91 Å². The Morgan fingerprint density at radius 3 is 2.57 bits per heavy atom. The van der Waals surface area contributed by atoms with Crippen LogP contribution in [0.2, 0.25) is 0 Å². The van der Waals surface area contributed by atoms with E-state index < -0.39 is 0 Å². The van der Waals surface area contributed by atoms with Gasteiger partial charge in [0.15, 0.2) is 0 Å². The lowest BCUT2D eigenvalue weighted by atomic mass is 10.0. The maximum absolute atomic E-state index is 11.7. The van der Waals surface area contributed by atoms with Crippen LogP contribution in [-0.2, 0) is 9.53 Å². The van der Waals surface area contributed by atoms with Crippen LogP contribution in [-0.4, -0.2) is 74.7 Å². The molecule has 0 bridgehead atoms. The summed E-state index contributed by atoms with van der Waals surface area (Å²) in [6.45, 7) is 9.15. The van der Waals surface area contributed by atoms with Gasteiger partial charge < -0.3 is 15.0 Å². The number of carbonyl (C=O) groups excluding carboxylic acids is 1. The molecule has 0 aromatic heterocycles. The van der Waals surface area contributed by atoms with E-state index in [9.17, 15) is 4.79 Å². The lowest BCUT2D eigenvalue weighted by molar-refractivity contribution is -0.125. The molecule has 0 aromatic carbocycles. The summed E-state index contributed by atoms with van der Waals surface area (Å²) in [6.07, 6.45) is 8.87. The van der Waals surface area contributed by atoms with E-state index >= 15 is 0 Å². The van der Waals surface area contributed by atoms with Gasteiger partial charge in [-0.2, -0.15) is 0 Å². The Balaban J connectivity index is 1.73. The lowest BCUT2D eigenvalue weighted by Gasteiger charge is -2.32. The zero-order valence-electron chi connectivity index (χ0n) is 14.9. The molecule has 2 rings (SSSR count). The number of ether oxygens (including phenoxy) is 1. The molecule has 5 heteroatoms. The first-order chi connectivity index (χ1) is 11.2. The van der Waals surface area contributed by atoms with Crippen LogP contribution in [0, 0.1) is 0 Å². The largest absolute Gasteiger partial charge is 0.375 e. The second-order valence-corrected chi connectivity index (χ2v) is 6.82. The first kappa shape index (κ1) is 18.4. The quantitative estimate of drug-likeness (QED) is 0.724. The molecular formula is C18H33N3O2. The number of carbonyl (C=O) groups is 1. The molecule has 0 radical (unpaired) electrons. The van der Waals surface area contributed by atoms with E-state index in [1.807, 2.05) is 0 Å². The van der Waals surface area contributed by atoms with E-state index in [2.05, 4.69) is 28.1 Å². The first-order valence-corrected chi connectivity index (χ1v) is 9.11. The van der Waals surface area contributed by atoms with Crippen LogP contribution in [0.3, 0.4) is 0 Å². The van der Waals surface area contributed by atoms with Gasteiger partial charge >= 0.3 is 0 Å². The molecule has 0 saturated carbocycles. The van der Waals surface area contributed by atoms with Crippen LogP contribution in [0.1, 0.15) is 39.0 Å². The van der Waals surface area contributed by atoms with Crippen LogP contribution >= 0.6 is 0 Å². The van der Waals surface area contributed by atoms with Crippen molar-refractivity contribution in [3.8, 4) is 0 Å². The first-order valence-electron chi connectivity index (χ1n) is 9.11. The topological polar surface area (TPSA) is 44.8 Å². The molecule has 23 heavy (non-hydrogen) atoms. The third kappa shape index (κ3) is 6.61. The molecule has 0 spiro atoms. The molecule has 0 aliphatic carbocycles. The van der Waals surface area contributed by atoms with E-state index in [0.717, 1.165) is 26.1 Å². The van der Waals surface area contributed by atoms with Crippen molar-refractivity contribution in [2.45, 2.75) is 45.1 Å². The molecule has 1 amide bonds. The van der Waals surface area contributed by atoms with Gasteiger partial charge in [0, 0.05) is 39.3 Å². The highest BCUT2D eigenvalue weighted by Crippen LogP contribution is 2.14. The molecule has 0 aromatic rings. The van der Waals surface area contributed by atoms with Crippen LogP contribution in [0.15, 0.2) is 11.6 Å². The highest BCUT2D eigenvalue weighted by molar-refractivity contribution is 5.77. The molecule has 2 heterocycles. The molecule has 2 aliphatic rings. The molecule has 1 fully saturated rings. The molecule has 1 saturated heterocycles. The van der Waals surface area contributed by atoms with Crippen molar-refractivity contribution in [2.75, 3.05) is 53.0 Å². The average molecular weight is 323 g/mol. The summed E-state index contributed by atoms with van der Waals surface area (Å²) in [5.41, 5.74) is 1.33. The highest BCUT2D eigenvalue weighted by atomic mass is 16.5. The summed E-state index contributed by atoms with van der Waals surface area (Å²) in [7, 11) is 1.55. The van der Waals surface area contributed by atoms with E-state index in [4.69, 9.17) is 4.74 Å². The average Bonchev–Trinajstić information content (AvgIpc) is 2.82. The molecular weight excluding hydrogens is 290 g/mol. The third-order valence-electron chi connectivity index (χ3n) is 4.90. The number of amides is 1. The molecule has 2 aliphatic heterocycles. The van der Waals surface area contributed by atoms with Crippen molar-refractivity contribution in [2.24, 2.45) is 0 Å². The standard InChI is InChI=1S/C18H33N3O2/c1-16(19-18(22)15-23-2)17-8-7-11-21(14-17)13-12-20-9-5-3-4-6-10-20/h8,16H,3-7,9-15H2,1-2H3,(H,19,22). The summed E-state index contributed by atoms with van der Waals surface area (Å²) < 4.78 is 4.88. The maximum atomic E-state index is 11.7. The minimum absolute atomic E-state index is 0.0393. The van der Waals surface area contributed by atoms with Gasteiger partial charge in [0.2, 0.25) is 5.91 Å². The Kier molecular flexibility index (Phi) is 8.06. The molecule has 1 atom stereocenters. The number of hydrogen-bond acceptors (Lipinski definition) is 4. The van der Waals surface area contributed by atoms with Gasteiger partial charge in [-0.3, -0.25) is 9.69 Å². The normalized spacial score (nSPS) is 22.3. The zero-order chi connectivity index (χ0) is 16.5. The fourth-order valence-corrected chi connectivity index (χ4v) is 3.49. The summed E-state index contributed by atoms with van der Waals surface area (Å²) in [5.74, 6) is -0.0393. The van der Waals surface area contributed by atoms with Gasteiger partial charge in [0.1, 0.15) is 6.61 Å². The summed E-state index contributed by atoms with van der Waals surface area (Å²) in [5, 5.41) is 3.02. The number of likely N-dealkylation sites (tertiary alicyclic amines) is 1. The van der Waals surface area contributed by atoms with E-state index in [0.29, 0.717) is 0 Å². The number of hydrogen-bond donors (Lipinski definition) is 1. The summed E-state index contributed by atoms with van der Waals surface area (Å²) in [4.78, 5) is 16.8. The Bertz CT molecular complexity index is 390. The van der Waals surface area contributed by atoms with Crippen molar-refractivity contribution in [1.82, 2.24) is 15.1 Å². The van der Waals surface area contributed by atoms with E-state index in [-0.39, 0.29) is 18.6 Å². The second kappa shape index (κ2) is 10.1. The van der Waals surface area contributed by atoms with E-state index in [1.165, 1.54) is 50.9 Å². The second-order valence-electron chi connectivity index (χ2n) is 6.82. The van der Waals surface area contributed by atoms with E-state index in [1.54, 1.807) is 7.11 Å².